The van der Waals surface area contributed by atoms with E-state index in [2.05, 4.69) is 38.8 Å². The molecule has 0 atom stereocenters. The predicted octanol–water partition coefficient (Wildman–Crippen LogP) is 3.76. The summed E-state index contributed by atoms with van der Waals surface area (Å²) in [5, 5.41) is 2.72. The molecule has 0 aliphatic carbocycles. The molecule has 0 spiro atoms. The van der Waals surface area contributed by atoms with Crippen molar-refractivity contribution in [3.63, 3.8) is 0 Å². The van der Waals surface area contributed by atoms with Crippen LogP contribution >= 0.6 is 43.2 Å². The van der Waals surface area contributed by atoms with Crippen LogP contribution in [0.15, 0.2) is 15.2 Å². The van der Waals surface area contributed by atoms with E-state index in [1.165, 1.54) is 0 Å². The minimum atomic E-state index is 0.123. The summed E-state index contributed by atoms with van der Waals surface area (Å²) < 4.78 is 1.00. The number of hydrogen-bond acceptors (Lipinski definition) is 2. The maximum Gasteiger partial charge on any atom is 0.254 e. The molecule has 0 aromatic carbocycles. The smallest absolute Gasteiger partial charge is 0.254 e. The molecule has 1 rings (SSSR count). The Morgan fingerprint density at radius 2 is 2.27 bits per heavy atom. The van der Waals surface area contributed by atoms with E-state index in [-0.39, 0.29) is 5.91 Å². The minimum absolute atomic E-state index is 0.123. The van der Waals surface area contributed by atoms with Crippen molar-refractivity contribution in [1.82, 2.24) is 4.90 Å². The van der Waals surface area contributed by atoms with Crippen LogP contribution in [-0.4, -0.2) is 29.2 Å². The standard InChI is InChI=1S/C10H13Br2NOS/c1-2-4-13(5-3-11)10(14)8-6-9(12)15-7-8/h6-7H,2-5H2,1H3. The zero-order valence-corrected chi connectivity index (χ0v) is 12.5. The number of carbonyl (C=O) groups excluding carboxylic acids is 1. The van der Waals surface area contributed by atoms with E-state index in [4.69, 9.17) is 0 Å². The van der Waals surface area contributed by atoms with Crippen molar-refractivity contribution in [2.45, 2.75) is 13.3 Å². The van der Waals surface area contributed by atoms with Gasteiger partial charge in [0.15, 0.2) is 0 Å². The van der Waals surface area contributed by atoms with Crippen LogP contribution in [0.2, 0.25) is 0 Å². The topological polar surface area (TPSA) is 20.3 Å². The second-order valence-electron chi connectivity index (χ2n) is 3.12. The average Bonchev–Trinajstić information content (AvgIpc) is 2.63. The Labute approximate surface area is 111 Å². The molecule has 0 saturated heterocycles. The van der Waals surface area contributed by atoms with Gasteiger partial charge in [0.1, 0.15) is 0 Å². The molecule has 84 valence electrons. The molecule has 2 nitrogen and oxygen atoms in total. The van der Waals surface area contributed by atoms with Crippen molar-refractivity contribution in [2.24, 2.45) is 0 Å². The number of amides is 1. The van der Waals surface area contributed by atoms with Crippen LogP contribution in [0.1, 0.15) is 23.7 Å². The van der Waals surface area contributed by atoms with Crippen LogP contribution in [-0.2, 0) is 0 Å². The van der Waals surface area contributed by atoms with Gasteiger partial charge in [0.2, 0.25) is 0 Å². The highest BCUT2D eigenvalue weighted by molar-refractivity contribution is 9.11. The number of halogens is 2. The fraction of sp³-hybridized carbons (Fsp3) is 0.500. The molecule has 1 aromatic rings. The van der Waals surface area contributed by atoms with Gasteiger partial charge in [-0.3, -0.25) is 4.79 Å². The molecule has 0 bridgehead atoms. The third-order valence-electron chi connectivity index (χ3n) is 1.95. The lowest BCUT2D eigenvalue weighted by Gasteiger charge is -2.20. The first kappa shape index (κ1) is 13.2. The van der Waals surface area contributed by atoms with Gasteiger partial charge in [-0.2, -0.15) is 0 Å². The fourth-order valence-corrected chi connectivity index (χ4v) is 2.85. The molecular formula is C10H13Br2NOS. The molecule has 1 amide bonds. The van der Waals surface area contributed by atoms with E-state index in [9.17, 15) is 4.79 Å². The first-order chi connectivity index (χ1) is 7.19. The van der Waals surface area contributed by atoms with E-state index in [0.29, 0.717) is 0 Å². The zero-order chi connectivity index (χ0) is 11.3. The van der Waals surface area contributed by atoms with Crippen molar-refractivity contribution in [3.8, 4) is 0 Å². The lowest BCUT2D eigenvalue weighted by molar-refractivity contribution is 0.0767. The van der Waals surface area contributed by atoms with E-state index in [0.717, 1.165) is 34.2 Å². The zero-order valence-electron chi connectivity index (χ0n) is 8.50. The highest BCUT2D eigenvalue weighted by Gasteiger charge is 2.15. The number of alkyl halides is 1. The number of thiophene rings is 1. The lowest BCUT2D eigenvalue weighted by Crippen LogP contribution is -2.33. The van der Waals surface area contributed by atoms with Crippen LogP contribution in [0.4, 0.5) is 0 Å². The third kappa shape index (κ3) is 3.89. The fourth-order valence-electron chi connectivity index (χ4n) is 1.29. The number of carbonyl (C=O) groups is 1. The summed E-state index contributed by atoms with van der Waals surface area (Å²) in [5.74, 6) is 0.123. The first-order valence-corrected chi connectivity index (χ1v) is 7.57. The predicted molar refractivity (Wildman–Crippen MR) is 72.0 cm³/mol. The Morgan fingerprint density at radius 3 is 2.73 bits per heavy atom. The van der Waals surface area contributed by atoms with Gasteiger partial charge in [-0.05, 0) is 28.4 Å². The van der Waals surface area contributed by atoms with Crippen molar-refractivity contribution in [2.75, 3.05) is 18.4 Å². The molecule has 0 fully saturated rings. The number of nitrogens with zero attached hydrogens (tertiary/aromatic N) is 1. The largest absolute Gasteiger partial charge is 0.338 e. The van der Waals surface area contributed by atoms with Gasteiger partial charge in [0, 0.05) is 23.8 Å². The van der Waals surface area contributed by atoms with Crippen molar-refractivity contribution < 1.29 is 4.79 Å². The quantitative estimate of drug-likeness (QED) is 0.737. The Balaban J connectivity index is 2.71. The molecular weight excluding hydrogens is 342 g/mol. The summed E-state index contributed by atoms with van der Waals surface area (Å²) in [5.41, 5.74) is 0.779. The summed E-state index contributed by atoms with van der Waals surface area (Å²) in [7, 11) is 0. The first-order valence-electron chi connectivity index (χ1n) is 4.78. The van der Waals surface area contributed by atoms with Gasteiger partial charge < -0.3 is 4.90 Å². The molecule has 15 heavy (non-hydrogen) atoms. The van der Waals surface area contributed by atoms with Crippen molar-refractivity contribution in [1.29, 1.82) is 0 Å². The molecule has 0 saturated carbocycles. The summed E-state index contributed by atoms with van der Waals surface area (Å²) in [4.78, 5) is 13.9. The number of hydrogen-bond donors (Lipinski definition) is 0. The Hall–Kier alpha value is 0.130. The molecule has 0 aliphatic rings. The van der Waals surface area contributed by atoms with E-state index < -0.39 is 0 Å². The van der Waals surface area contributed by atoms with E-state index in [1.54, 1.807) is 11.3 Å². The second kappa shape index (κ2) is 6.66. The highest BCUT2D eigenvalue weighted by Crippen LogP contribution is 2.21. The SMILES string of the molecule is CCCN(CCBr)C(=O)c1csc(Br)c1. The van der Waals surface area contributed by atoms with Crippen LogP contribution in [0.25, 0.3) is 0 Å². The summed E-state index contributed by atoms with van der Waals surface area (Å²) >= 11 is 8.28. The van der Waals surface area contributed by atoms with Gasteiger partial charge in [-0.1, -0.05) is 22.9 Å². The maximum atomic E-state index is 12.0. The molecule has 5 heteroatoms. The second-order valence-corrected chi connectivity index (χ2v) is 6.20. The Bertz CT molecular complexity index is 321. The third-order valence-corrected chi connectivity index (χ3v) is 3.81. The van der Waals surface area contributed by atoms with Crippen LogP contribution in [0.3, 0.4) is 0 Å². The van der Waals surface area contributed by atoms with Gasteiger partial charge >= 0.3 is 0 Å². The normalized spacial score (nSPS) is 10.3. The van der Waals surface area contributed by atoms with Gasteiger partial charge in [0.25, 0.3) is 5.91 Å². The number of rotatable bonds is 5. The molecule has 0 aliphatic heterocycles. The molecule has 0 N–H and O–H groups in total. The van der Waals surface area contributed by atoms with Crippen LogP contribution in [0.5, 0.6) is 0 Å². The Kier molecular flexibility index (Phi) is 5.86. The summed E-state index contributed by atoms with van der Waals surface area (Å²) in [6, 6.07) is 1.88. The van der Waals surface area contributed by atoms with Crippen molar-refractivity contribution in [3.05, 3.63) is 20.8 Å². The lowest BCUT2D eigenvalue weighted by atomic mass is 10.3. The van der Waals surface area contributed by atoms with E-state index in [1.807, 2.05) is 16.3 Å². The van der Waals surface area contributed by atoms with Crippen LogP contribution < -0.4 is 0 Å². The highest BCUT2D eigenvalue weighted by atomic mass is 79.9. The van der Waals surface area contributed by atoms with Crippen molar-refractivity contribution >= 4 is 49.1 Å². The minimum Gasteiger partial charge on any atom is -0.338 e. The van der Waals surface area contributed by atoms with Crippen LogP contribution in [0, 0.1) is 0 Å². The van der Waals surface area contributed by atoms with Gasteiger partial charge in [-0.15, -0.1) is 11.3 Å². The molecule has 0 unspecified atom stereocenters. The van der Waals surface area contributed by atoms with Gasteiger partial charge in [0.05, 0.1) is 9.35 Å². The average molecular weight is 355 g/mol. The van der Waals surface area contributed by atoms with Gasteiger partial charge in [-0.25, -0.2) is 0 Å². The summed E-state index contributed by atoms with van der Waals surface area (Å²) in [6.07, 6.45) is 0.990. The van der Waals surface area contributed by atoms with E-state index >= 15 is 0 Å². The monoisotopic (exact) mass is 353 g/mol. The molecule has 0 radical (unpaired) electrons. The Morgan fingerprint density at radius 1 is 1.53 bits per heavy atom. The molecule has 1 heterocycles. The summed E-state index contributed by atoms with van der Waals surface area (Å²) in [6.45, 7) is 3.66. The molecule has 1 aromatic heterocycles. The maximum absolute atomic E-state index is 12.0.